The van der Waals surface area contributed by atoms with E-state index in [4.69, 9.17) is 5.73 Å². The van der Waals surface area contributed by atoms with Crippen LogP contribution in [0.3, 0.4) is 0 Å². The van der Waals surface area contributed by atoms with Crippen LogP contribution in [0.15, 0.2) is 18.2 Å². The van der Waals surface area contributed by atoms with Crippen LogP contribution < -0.4 is 5.73 Å². The van der Waals surface area contributed by atoms with Gasteiger partial charge in [-0.15, -0.1) is 0 Å². The fraction of sp³-hybridized carbons (Fsp3) is 0.562. The SMILES string of the molecule is CC1CCN(C(=O)c2cc(C(F)(F)F)cc(C(F)(F)F)c2)C(CN)C1. The van der Waals surface area contributed by atoms with Crippen LogP contribution in [0.5, 0.6) is 0 Å². The van der Waals surface area contributed by atoms with Crippen LogP contribution in [0, 0.1) is 5.92 Å². The quantitative estimate of drug-likeness (QED) is 0.805. The Bertz CT molecular complexity index is 608. The highest BCUT2D eigenvalue weighted by molar-refractivity contribution is 5.95. The van der Waals surface area contributed by atoms with E-state index in [9.17, 15) is 31.1 Å². The topological polar surface area (TPSA) is 46.3 Å². The third-order valence-corrected chi connectivity index (χ3v) is 4.35. The molecular weight excluding hydrogens is 350 g/mol. The number of likely N-dealkylation sites (tertiary alicyclic amines) is 1. The number of piperidine rings is 1. The minimum atomic E-state index is -4.99. The molecule has 2 rings (SSSR count). The highest BCUT2D eigenvalue weighted by Crippen LogP contribution is 2.37. The second-order valence-corrected chi connectivity index (χ2v) is 6.31. The van der Waals surface area contributed by atoms with Crippen LogP contribution in [0.2, 0.25) is 0 Å². The van der Waals surface area contributed by atoms with Crippen molar-refractivity contribution in [3.8, 4) is 0 Å². The number of hydrogen-bond acceptors (Lipinski definition) is 2. The number of carbonyl (C=O) groups is 1. The first-order valence-corrected chi connectivity index (χ1v) is 7.74. The molecule has 0 aromatic heterocycles. The van der Waals surface area contributed by atoms with Crippen LogP contribution >= 0.6 is 0 Å². The van der Waals surface area contributed by atoms with Gasteiger partial charge < -0.3 is 10.6 Å². The maximum Gasteiger partial charge on any atom is 0.416 e. The van der Waals surface area contributed by atoms with Crippen molar-refractivity contribution in [3.63, 3.8) is 0 Å². The van der Waals surface area contributed by atoms with Gasteiger partial charge >= 0.3 is 12.4 Å². The summed E-state index contributed by atoms with van der Waals surface area (Å²) in [6, 6.07) is 0.530. The van der Waals surface area contributed by atoms with Gasteiger partial charge in [0.2, 0.25) is 0 Å². The Morgan fingerprint density at radius 2 is 1.64 bits per heavy atom. The summed E-state index contributed by atoms with van der Waals surface area (Å²) in [7, 11) is 0. The van der Waals surface area contributed by atoms with Gasteiger partial charge in [0.25, 0.3) is 5.91 Å². The monoisotopic (exact) mass is 368 g/mol. The normalized spacial score (nSPS) is 22.2. The highest BCUT2D eigenvalue weighted by Gasteiger charge is 2.38. The van der Waals surface area contributed by atoms with Gasteiger partial charge in [0, 0.05) is 24.7 Å². The summed E-state index contributed by atoms with van der Waals surface area (Å²) >= 11 is 0. The van der Waals surface area contributed by atoms with Gasteiger partial charge in [-0.1, -0.05) is 6.92 Å². The summed E-state index contributed by atoms with van der Waals surface area (Å²) in [5.41, 5.74) is 1.99. The molecule has 3 nitrogen and oxygen atoms in total. The average Bonchev–Trinajstić information content (AvgIpc) is 2.52. The minimum Gasteiger partial charge on any atom is -0.334 e. The van der Waals surface area contributed by atoms with E-state index in [-0.39, 0.29) is 25.1 Å². The van der Waals surface area contributed by atoms with Crippen molar-refractivity contribution in [1.29, 1.82) is 0 Å². The van der Waals surface area contributed by atoms with Crippen LogP contribution in [0.25, 0.3) is 0 Å². The van der Waals surface area contributed by atoms with Crippen molar-refractivity contribution in [2.45, 2.75) is 38.2 Å². The maximum atomic E-state index is 12.9. The molecule has 1 aromatic rings. The predicted octanol–water partition coefficient (Wildman–Crippen LogP) is 3.92. The van der Waals surface area contributed by atoms with E-state index in [1.165, 1.54) is 4.90 Å². The van der Waals surface area contributed by atoms with Crippen molar-refractivity contribution in [1.82, 2.24) is 4.90 Å². The van der Waals surface area contributed by atoms with Gasteiger partial charge in [-0.25, -0.2) is 0 Å². The largest absolute Gasteiger partial charge is 0.416 e. The van der Waals surface area contributed by atoms with Crippen molar-refractivity contribution < 1.29 is 31.1 Å². The minimum absolute atomic E-state index is 0.00940. The fourth-order valence-electron chi connectivity index (χ4n) is 2.99. The smallest absolute Gasteiger partial charge is 0.334 e. The van der Waals surface area contributed by atoms with E-state index in [2.05, 4.69) is 0 Å². The second kappa shape index (κ2) is 6.86. The van der Waals surface area contributed by atoms with Crippen molar-refractivity contribution in [2.75, 3.05) is 13.1 Å². The summed E-state index contributed by atoms with van der Waals surface area (Å²) in [5, 5.41) is 0. The van der Waals surface area contributed by atoms with Gasteiger partial charge in [0.15, 0.2) is 0 Å². The van der Waals surface area contributed by atoms with E-state index < -0.39 is 41.0 Å². The molecule has 0 aliphatic carbocycles. The molecule has 2 unspecified atom stereocenters. The number of amides is 1. The van der Waals surface area contributed by atoms with Gasteiger partial charge in [-0.05, 0) is 37.0 Å². The first kappa shape index (κ1) is 19.6. The molecule has 1 amide bonds. The van der Waals surface area contributed by atoms with E-state index >= 15 is 0 Å². The lowest BCUT2D eigenvalue weighted by Crippen LogP contribution is -2.49. The molecule has 0 spiro atoms. The highest BCUT2D eigenvalue weighted by atomic mass is 19.4. The maximum absolute atomic E-state index is 12.9. The van der Waals surface area contributed by atoms with Crippen molar-refractivity contribution in [3.05, 3.63) is 34.9 Å². The number of benzene rings is 1. The van der Waals surface area contributed by atoms with Crippen molar-refractivity contribution in [2.24, 2.45) is 11.7 Å². The van der Waals surface area contributed by atoms with Crippen LogP contribution in [0.4, 0.5) is 26.3 Å². The van der Waals surface area contributed by atoms with Gasteiger partial charge in [-0.2, -0.15) is 26.3 Å². The number of nitrogens with two attached hydrogens (primary N) is 1. The molecule has 1 heterocycles. The molecule has 0 saturated carbocycles. The Morgan fingerprint density at radius 1 is 1.12 bits per heavy atom. The Hall–Kier alpha value is -1.77. The van der Waals surface area contributed by atoms with Gasteiger partial charge in [-0.3, -0.25) is 4.79 Å². The summed E-state index contributed by atoms with van der Waals surface area (Å²) in [6.07, 6.45) is -8.79. The van der Waals surface area contributed by atoms with Gasteiger partial charge in [0.1, 0.15) is 0 Å². The molecule has 0 radical (unpaired) electrons. The number of carbonyl (C=O) groups excluding carboxylic acids is 1. The summed E-state index contributed by atoms with van der Waals surface area (Å²) in [4.78, 5) is 13.8. The molecule has 25 heavy (non-hydrogen) atoms. The third kappa shape index (κ3) is 4.45. The van der Waals surface area contributed by atoms with Gasteiger partial charge in [0.05, 0.1) is 11.1 Å². The lowest BCUT2D eigenvalue weighted by molar-refractivity contribution is -0.143. The Labute approximate surface area is 140 Å². The average molecular weight is 368 g/mol. The molecule has 1 fully saturated rings. The second-order valence-electron chi connectivity index (χ2n) is 6.31. The summed E-state index contributed by atoms with van der Waals surface area (Å²) < 4.78 is 77.5. The molecule has 2 N–H and O–H groups in total. The Kier molecular flexibility index (Phi) is 5.36. The number of alkyl halides is 6. The van der Waals surface area contributed by atoms with Crippen molar-refractivity contribution >= 4 is 5.91 Å². The molecule has 0 bridgehead atoms. The predicted molar refractivity (Wildman–Crippen MR) is 78.7 cm³/mol. The Morgan fingerprint density at radius 3 is 2.08 bits per heavy atom. The molecular formula is C16H18F6N2O. The zero-order valence-corrected chi connectivity index (χ0v) is 13.4. The van der Waals surface area contributed by atoms with Crippen LogP contribution in [0.1, 0.15) is 41.3 Å². The summed E-state index contributed by atoms with van der Waals surface area (Å²) in [6.45, 7) is 2.30. The first-order chi connectivity index (χ1) is 11.4. The van der Waals surface area contributed by atoms with E-state index in [1.807, 2.05) is 6.92 Å². The van der Waals surface area contributed by atoms with Crippen LogP contribution in [-0.4, -0.2) is 29.9 Å². The zero-order valence-electron chi connectivity index (χ0n) is 13.4. The van der Waals surface area contributed by atoms with E-state index in [0.717, 1.165) is 0 Å². The van der Waals surface area contributed by atoms with E-state index in [0.29, 0.717) is 25.0 Å². The zero-order chi connectivity index (χ0) is 19.0. The molecule has 1 aromatic carbocycles. The number of halogens is 6. The first-order valence-electron chi connectivity index (χ1n) is 7.74. The third-order valence-electron chi connectivity index (χ3n) is 4.35. The number of nitrogens with zero attached hydrogens (tertiary/aromatic N) is 1. The molecule has 9 heteroatoms. The van der Waals surface area contributed by atoms with Crippen LogP contribution in [-0.2, 0) is 12.4 Å². The molecule has 1 saturated heterocycles. The fourth-order valence-corrected chi connectivity index (χ4v) is 2.99. The lowest BCUT2D eigenvalue weighted by atomic mass is 9.91. The standard InChI is InChI=1S/C16H18F6N2O/c1-9-2-3-24(13(4-9)8-23)14(25)10-5-11(15(17,18)19)7-12(6-10)16(20,21)22/h5-7,9,13H,2-4,8,23H2,1H3. The summed E-state index contributed by atoms with van der Waals surface area (Å²) in [5.74, 6) is -0.580. The molecule has 140 valence electrons. The number of rotatable bonds is 2. The molecule has 2 atom stereocenters. The molecule has 1 aliphatic rings. The Balaban J connectivity index is 2.45. The number of hydrogen-bond donors (Lipinski definition) is 1. The van der Waals surface area contributed by atoms with E-state index in [1.54, 1.807) is 0 Å². The molecule has 1 aliphatic heterocycles. The lowest BCUT2D eigenvalue weighted by Gasteiger charge is -2.38.